The zero-order valence-corrected chi connectivity index (χ0v) is 11.5. The first-order valence-electron chi connectivity index (χ1n) is 5.56. The summed E-state index contributed by atoms with van der Waals surface area (Å²) in [5, 5.41) is 13.0. The number of carboxylic acids is 1. The van der Waals surface area contributed by atoms with E-state index in [-0.39, 0.29) is 16.3 Å². The summed E-state index contributed by atoms with van der Waals surface area (Å²) in [6, 6.07) is 1.51. The zero-order valence-electron chi connectivity index (χ0n) is 10.7. The zero-order chi connectivity index (χ0) is 15.4. The number of carboxylic acid groups (broad SMARTS) is 1. The van der Waals surface area contributed by atoms with Gasteiger partial charge in [0.1, 0.15) is 4.88 Å². The molecule has 0 spiro atoms. The van der Waals surface area contributed by atoms with Gasteiger partial charge in [-0.05, 0) is 11.4 Å². The number of aromatic nitrogens is 2. The smallest absolute Gasteiger partial charge is 0.356 e. The lowest BCUT2D eigenvalue weighted by Gasteiger charge is -2.06. The maximum Gasteiger partial charge on any atom is 0.356 e. The molecule has 9 heteroatoms. The van der Waals surface area contributed by atoms with E-state index in [2.05, 4.69) is 20.0 Å². The van der Waals surface area contributed by atoms with E-state index in [1.165, 1.54) is 25.6 Å². The Balaban J connectivity index is 2.29. The highest BCUT2D eigenvalue weighted by atomic mass is 32.1. The van der Waals surface area contributed by atoms with Crippen LogP contribution in [0.3, 0.4) is 0 Å². The normalized spacial score (nSPS) is 9.95. The number of rotatable bonds is 4. The highest BCUT2D eigenvalue weighted by Gasteiger charge is 2.22. The number of carbonyl (C=O) groups excluding carboxylic acids is 2. The molecule has 0 unspecified atom stereocenters. The van der Waals surface area contributed by atoms with Gasteiger partial charge < -0.3 is 15.2 Å². The standard InChI is InChI=1S/C12H9N3O5S/c1-20-12(19)9-6(2-5-21-9)15-10(16)7-8(11(17)18)14-4-3-13-7/h2-5H,1H3,(H,15,16)(H,17,18). The fourth-order valence-corrected chi connectivity index (χ4v) is 2.27. The second-order valence-electron chi connectivity index (χ2n) is 3.67. The Morgan fingerprint density at radius 1 is 1.24 bits per heavy atom. The molecule has 1 amide bonds. The van der Waals surface area contributed by atoms with Gasteiger partial charge in [-0.1, -0.05) is 0 Å². The molecule has 0 saturated heterocycles. The first kappa shape index (κ1) is 14.6. The summed E-state index contributed by atoms with van der Waals surface area (Å²) in [5.74, 6) is -2.74. The number of nitrogens with one attached hydrogen (secondary N) is 1. The molecule has 2 heterocycles. The van der Waals surface area contributed by atoms with Crippen LogP contribution >= 0.6 is 11.3 Å². The number of thiophene rings is 1. The number of methoxy groups -OCH3 is 1. The SMILES string of the molecule is COC(=O)c1sccc1NC(=O)c1nccnc1C(=O)O. The third-order valence-electron chi connectivity index (χ3n) is 2.40. The van der Waals surface area contributed by atoms with Gasteiger partial charge in [0.25, 0.3) is 5.91 Å². The highest BCUT2D eigenvalue weighted by Crippen LogP contribution is 2.23. The molecule has 0 aromatic carbocycles. The second kappa shape index (κ2) is 6.09. The summed E-state index contributed by atoms with van der Waals surface area (Å²) >= 11 is 1.09. The molecule has 0 saturated carbocycles. The second-order valence-corrected chi connectivity index (χ2v) is 4.58. The van der Waals surface area contributed by atoms with Crippen LogP contribution in [0.2, 0.25) is 0 Å². The van der Waals surface area contributed by atoms with Crippen LogP contribution in [-0.4, -0.2) is 40.0 Å². The molecule has 8 nitrogen and oxygen atoms in total. The van der Waals surface area contributed by atoms with E-state index in [0.717, 1.165) is 11.3 Å². The number of ether oxygens (including phenoxy) is 1. The molecular formula is C12H9N3O5S. The van der Waals surface area contributed by atoms with Crippen LogP contribution in [-0.2, 0) is 4.74 Å². The number of amides is 1. The predicted molar refractivity (Wildman–Crippen MR) is 72.6 cm³/mol. The molecule has 0 atom stereocenters. The van der Waals surface area contributed by atoms with Gasteiger partial charge in [0.05, 0.1) is 12.8 Å². The van der Waals surface area contributed by atoms with Crippen molar-refractivity contribution in [3.05, 3.63) is 40.1 Å². The quantitative estimate of drug-likeness (QED) is 0.816. The lowest BCUT2D eigenvalue weighted by Crippen LogP contribution is -2.20. The van der Waals surface area contributed by atoms with Gasteiger partial charge in [0.2, 0.25) is 0 Å². The minimum Gasteiger partial charge on any atom is -0.476 e. The van der Waals surface area contributed by atoms with Crippen molar-refractivity contribution in [2.75, 3.05) is 12.4 Å². The summed E-state index contributed by atoms with van der Waals surface area (Å²) in [6.07, 6.45) is 2.38. The largest absolute Gasteiger partial charge is 0.476 e. The summed E-state index contributed by atoms with van der Waals surface area (Å²) in [7, 11) is 1.22. The van der Waals surface area contributed by atoms with E-state index in [1.54, 1.807) is 5.38 Å². The Morgan fingerprint density at radius 3 is 2.52 bits per heavy atom. The van der Waals surface area contributed by atoms with E-state index in [1.807, 2.05) is 0 Å². The van der Waals surface area contributed by atoms with Gasteiger partial charge in [-0.2, -0.15) is 0 Å². The van der Waals surface area contributed by atoms with Gasteiger partial charge in [-0.25, -0.2) is 19.6 Å². The summed E-state index contributed by atoms with van der Waals surface area (Å²) < 4.78 is 4.58. The van der Waals surface area contributed by atoms with Crippen LogP contribution in [0.15, 0.2) is 23.8 Å². The van der Waals surface area contributed by atoms with Crippen LogP contribution in [0.5, 0.6) is 0 Å². The van der Waals surface area contributed by atoms with E-state index in [9.17, 15) is 14.4 Å². The van der Waals surface area contributed by atoms with Gasteiger partial charge in [0.15, 0.2) is 11.4 Å². The Morgan fingerprint density at radius 2 is 1.90 bits per heavy atom. The number of hydrogen-bond donors (Lipinski definition) is 2. The monoisotopic (exact) mass is 307 g/mol. The van der Waals surface area contributed by atoms with Crippen molar-refractivity contribution in [3.8, 4) is 0 Å². The molecule has 0 aliphatic rings. The molecule has 0 radical (unpaired) electrons. The van der Waals surface area contributed by atoms with Crippen molar-refractivity contribution < 1.29 is 24.2 Å². The Bertz CT molecular complexity index is 712. The van der Waals surface area contributed by atoms with Crippen LogP contribution in [0.4, 0.5) is 5.69 Å². The molecular weight excluding hydrogens is 298 g/mol. The topological polar surface area (TPSA) is 118 Å². The van der Waals surface area contributed by atoms with Crippen molar-refractivity contribution in [1.82, 2.24) is 9.97 Å². The van der Waals surface area contributed by atoms with Crippen LogP contribution in [0.25, 0.3) is 0 Å². The van der Waals surface area contributed by atoms with Gasteiger partial charge in [-0.15, -0.1) is 11.3 Å². The third kappa shape index (κ3) is 3.03. The summed E-state index contributed by atoms with van der Waals surface area (Å²) in [6.45, 7) is 0. The first-order chi connectivity index (χ1) is 10.0. The Labute approximate surface area is 122 Å². The minimum atomic E-state index is -1.37. The van der Waals surface area contributed by atoms with E-state index in [4.69, 9.17) is 5.11 Å². The number of carbonyl (C=O) groups is 3. The molecule has 0 aliphatic carbocycles. The molecule has 21 heavy (non-hydrogen) atoms. The molecule has 108 valence electrons. The average molecular weight is 307 g/mol. The van der Waals surface area contributed by atoms with Crippen LogP contribution in [0, 0.1) is 0 Å². The van der Waals surface area contributed by atoms with E-state index >= 15 is 0 Å². The maximum atomic E-state index is 12.1. The fraction of sp³-hybridized carbons (Fsp3) is 0.0833. The summed E-state index contributed by atoms with van der Waals surface area (Å²) in [4.78, 5) is 42.1. The third-order valence-corrected chi connectivity index (χ3v) is 3.29. The maximum absolute atomic E-state index is 12.1. The number of esters is 1. The lowest BCUT2D eigenvalue weighted by atomic mass is 10.2. The number of nitrogens with zero attached hydrogens (tertiary/aromatic N) is 2. The van der Waals surface area contributed by atoms with Gasteiger partial charge in [0, 0.05) is 12.4 Å². The first-order valence-corrected chi connectivity index (χ1v) is 6.44. The minimum absolute atomic E-state index is 0.201. The molecule has 2 aromatic heterocycles. The lowest BCUT2D eigenvalue weighted by molar-refractivity contribution is 0.0606. The van der Waals surface area contributed by atoms with Crippen molar-refractivity contribution in [2.45, 2.75) is 0 Å². The Hall–Kier alpha value is -2.81. The highest BCUT2D eigenvalue weighted by molar-refractivity contribution is 7.12. The summed E-state index contributed by atoms with van der Waals surface area (Å²) in [5.41, 5.74) is -0.587. The van der Waals surface area contributed by atoms with Crippen molar-refractivity contribution in [1.29, 1.82) is 0 Å². The fourth-order valence-electron chi connectivity index (χ4n) is 1.50. The van der Waals surface area contributed by atoms with Crippen molar-refractivity contribution >= 4 is 34.9 Å². The molecule has 0 aliphatic heterocycles. The van der Waals surface area contributed by atoms with E-state index in [0.29, 0.717) is 0 Å². The Kier molecular flexibility index (Phi) is 4.24. The van der Waals surface area contributed by atoms with Gasteiger partial charge >= 0.3 is 11.9 Å². The molecule has 0 fully saturated rings. The average Bonchev–Trinajstić information content (AvgIpc) is 2.94. The number of aromatic carboxylic acids is 1. The molecule has 2 aromatic rings. The van der Waals surface area contributed by atoms with Crippen molar-refractivity contribution in [3.63, 3.8) is 0 Å². The van der Waals surface area contributed by atoms with E-state index < -0.39 is 23.5 Å². The molecule has 2 N–H and O–H groups in total. The number of hydrogen-bond acceptors (Lipinski definition) is 7. The van der Waals surface area contributed by atoms with Crippen LogP contribution in [0.1, 0.15) is 30.6 Å². The number of anilines is 1. The molecule has 2 rings (SSSR count). The van der Waals surface area contributed by atoms with Gasteiger partial charge in [-0.3, -0.25) is 4.79 Å². The van der Waals surface area contributed by atoms with Crippen LogP contribution < -0.4 is 5.32 Å². The predicted octanol–water partition coefficient (Wildman–Crippen LogP) is 1.28. The van der Waals surface area contributed by atoms with Crippen molar-refractivity contribution in [2.24, 2.45) is 0 Å². The molecule has 0 bridgehead atoms.